The molecule has 1 atom stereocenters. The Hall–Kier alpha value is -0.530. The van der Waals surface area contributed by atoms with Crippen LogP contribution in [0.1, 0.15) is 142 Å². The molecule has 0 heterocycles. The largest absolute Gasteiger partial charge is 0.349 e. The van der Waals surface area contributed by atoms with Crippen molar-refractivity contribution in [2.45, 2.75) is 142 Å². The molecule has 0 spiro atoms. The number of amides is 1. The predicted octanol–water partition coefficient (Wildman–Crippen LogP) is 8.53. The Bertz CT molecular complexity index is 326. The fourth-order valence-electron chi connectivity index (χ4n) is 4.16. The van der Waals surface area contributed by atoms with Crippen molar-refractivity contribution in [1.29, 1.82) is 0 Å². The zero-order chi connectivity index (χ0) is 20.9. The van der Waals surface area contributed by atoms with Gasteiger partial charge in [0.1, 0.15) is 0 Å². The highest BCUT2D eigenvalue weighted by atomic mass is 16.2. The van der Waals surface area contributed by atoms with E-state index >= 15 is 0 Å². The second-order valence-electron chi connectivity index (χ2n) is 9.16. The first-order valence-electron chi connectivity index (χ1n) is 12.8. The molecule has 2 heteroatoms. The van der Waals surface area contributed by atoms with Crippen molar-refractivity contribution in [3.8, 4) is 0 Å². The standard InChI is InChI=1S/C26H53NO/c1-5-7-9-11-12-13-14-15-16-17-18-19-20-22-24-25(26(28)27(3)4)23-21-10-8-6-2/h25H,5-24H2,1-4H3. The van der Waals surface area contributed by atoms with E-state index < -0.39 is 0 Å². The summed E-state index contributed by atoms with van der Waals surface area (Å²) in [5, 5.41) is 0. The fourth-order valence-corrected chi connectivity index (χ4v) is 4.16. The highest BCUT2D eigenvalue weighted by molar-refractivity contribution is 5.78. The topological polar surface area (TPSA) is 20.3 Å². The summed E-state index contributed by atoms with van der Waals surface area (Å²) in [7, 11) is 3.82. The Morgan fingerprint density at radius 1 is 0.536 bits per heavy atom. The van der Waals surface area contributed by atoms with E-state index in [1.807, 2.05) is 14.1 Å². The lowest BCUT2D eigenvalue weighted by Crippen LogP contribution is -2.29. The lowest BCUT2D eigenvalue weighted by Gasteiger charge is -2.20. The molecule has 168 valence electrons. The number of carbonyl (C=O) groups excluding carboxylic acids is 1. The minimum atomic E-state index is 0.268. The minimum Gasteiger partial charge on any atom is -0.349 e. The van der Waals surface area contributed by atoms with E-state index in [0.717, 1.165) is 12.8 Å². The number of hydrogen-bond acceptors (Lipinski definition) is 1. The smallest absolute Gasteiger partial charge is 0.225 e. The molecule has 0 N–H and O–H groups in total. The molecule has 0 rings (SSSR count). The lowest BCUT2D eigenvalue weighted by atomic mass is 9.93. The fraction of sp³-hybridized carbons (Fsp3) is 0.962. The van der Waals surface area contributed by atoms with Crippen LogP contribution in [-0.2, 0) is 4.79 Å². The van der Waals surface area contributed by atoms with Crippen molar-refractivity contribution in [3.05, 3.63) is 0 Å². The first kappa shape index (κ1) is 27.5. The predicted molar refractivity (Wildman–Crippen MR) is 126 cm³/mol. The van der Waals surface area contributed by atoms with Crippen LogP contribution < -0.4 is 0 Å². The average molecular weight is 396 g/mol. The van der Waals surface area contributed by atoms with E-state index in [9.17, 15) is 4.79 Å². The van der Waals surface area contributed by atoms with Crippen molar-refractivity contribution in [2.24, 2.45) is 5.92 Å². The van der Waals surface area contributed by atoms with E-state index in [4.69, 9.17) is 0 Å². The van der Waals surface area contributed by atoms with Crippen LogP contribution in [0.15, 0.2) is 0 Å². The van der Waals surface area contributed by atoms with E-state index in [-0.39, 0.29) is 5.92 Å². The molecular weight excluding hydrogens is 342 g/mol. The number of carbonyl (C=O) groups is 1. The molecule has 0 fully saturated rings. The van der Waals surface area contributed by atoms with Gasteiger partial charge in [-0.1, -0.05) is 129 Å². The van der Waals surface area contributed by atoms with Crippen LogP contribution in [0.3, 0.4) is 0 Å². The third kappa shape index (κ3) is 17.6. The van der Waals surface area contributed by atoms with Gasteiger partial charge in [-0.15, -0.1) is 0 Å². The molecule has 28 heavy (non-hydrogen) atoms. The van der Waals surface area contributed by atoms with Gasteiger partial charge in [0.15, 0.2) is 0 Å². The summed E-state index contributed by atoms with van der Waals surface area (Å²) in [4.78, 5) is 14.2. The summed E-state index contributed by atoms with van der Waals surface area (Å²) in [5.41, 5.74) is 0. The Labute approximate surface area is 178 Å². The lowest BCUT2D eigenvalue weighted by molar-refractivity contribution is -0.133. The Balaban J connectivity index is 3.56. The monoisotopic (exact) mass is 395 g/mol. The van der Waals surface area contributed by atoms with Gasteiger partial charge in [0.05, 0.1) is 0 Å². The summed E-state index contributed by atoms with van der Waals surface area (Å²) in [6.45, 7) is 4.54. The summed E-state index contributed by atoms with van der Waals surface area (Å²) in [5.74, 6) is 0.621. The van der Waals surface area contributed by atoms with E-state index in [0.29, 0.717) is 5.91 Å². The number of unbranched alkanes of at least 4 members (excludes halogenated alkanes) is 16. The maximum atomic E-state index is 12.4. The molecule has 0 aliphatic carbocycles. The Morgan fingerprint density at radius 3 is 1.14 bits per heavy atom. The van der Waals surface area contributed by atoms with Crippen LogP contribution in [0.25, 0.3) is 0 Å². The maximum absolute atomic E-state index is 12.4. The molecule has 0 aliphatic rings. The molecule has 1 amide bonds. The number of nitrogens with zero attached hydrogens (tertiary/aromatic N) is 1. The van der Waals surface area contributed by atoms with Crippen LogP contribution in [0, 0.1) is 5.92 Å². The van der Waals surface area contributed by atoms with Crippen molar-refractivity contribution >= 4 is 5.91 Å². The Kier molecular flexibility index (Phi) is 20.8. The third-order valence-electron chi connectivity index (χ3n) is 6.10. The first-order valence-corrected chi connectivity index (χ1v) is 12.8. The summed E-state index contributed by atoms with van der Waals surface area (Å²) in [6.07, 6.45) is 26.8. The van der Waals surface area contributed by atoms with Crippen LogP contribution in [-0.4, -0.2) is 24.9 Å². The minimum absolute atomic E-state index is 0.268. The average Bonchev–Trinajstić information content (AvgIpc) is 2.69. The number of rotatable bonds is 21. The maximum Gasteiger partial charge on any atom is 0.225 e. The van der Waals surface area contributed by atoms with Gasteiger partial charge in [-0.3, -0.25) is 4.79 Å². The van der Waals surface area contributed by atoms with E-state index in [2.05, 4.69) is 13.8 Å². The molecule has 0 saturated carbocycles. The molecule has 0 radical (unpaired) electrons. The molecule has 2 nitrogen and oxygen atoms in total. The van der Waals surface area contributed by atoms with Gasteiger partial charge in [-0.2, -0.15) is 0 Å². The van der Waals surface area contributed by atoms with Gasteiger partial charge in [0, 0.05) is 20.0 Å². The highest BCUT2D eigenvalue weighted by Gasteiger charge is 2.19. The third-order valence-corrected chi connectivity index (χ3v) is 6.10. The van der Waals surface area contributed by atoms with Crippen molar-refractivity contribution in [3.63, 3.8) is 0 Å². The summed E-state index contributed by atoms with van der Waals surface area (Å²) in [6, 6.07) is 0. The van der Waals surface area contributed by atoms with Gasteiger partial charge in [-0.05, 0) is 12.8 Å². The van der Waals surface area contributed by atoms with Crippen LogP contribution in [0.5, 0.6) is 0 Å². The number of hydrogen-bond donors (Lipinski definition) is 0. The van der Waals surface area contributed by atoms with Crippen molar-refractivity contribution in [1.82, 2.24) is 4.90 Å². The zero-order valence-electron chi connectivity index (χ0n) is 20.1. The summed E-state index contributed by atoms with van der Waals surface area (Å²) < 4.78 is 0. The molecule has 0 aromatic rings. The highest BCUT2D eigenvalue weighted by Crippen LogP contribution is 2.21. The van der Waals surface area contributed by atoms with Crippen molar-refractivity contribution in [2.75, 3.05) is 14.1 Å². The quantitative estimate of drug-likeness (QED) is 0.178. The van der Waals surface area contributed by atoms with Gasteiger partial charge in [-0.25, -0.2) is 0 Å². The normalized spacial score (nSPS) is 12.3. The van der Waals surface area contributed by atoms with Gasteiger partial charge >= 0.3 is 0 Å². The SMILES string of the molecule is CCCCCCCCCCCCCCCCC(CCCCCC)C(=O)N(C)C. The zero-order valence-corrected chi connectivity index (χ0v) is 20.1. The molecule has 0 aromatic heterocycles. The molecule has 0 saturated heterocycles. The molecule has 0 aliphatic heterocycles. The molecule has 0 aromatic carbocycles. The Morgan fingerprint density at radius 2 is 0.821 bits per heavy atom. The molecule has 0 bridgehead atoms. The molecule has 1 unspecified atom stereocenters. The van der Waals surface area contributed by atoms with Gasteiger partial charge < -0.3 is 4.90 Å². The van der Waals surface area contributed by atoms with Crippen LogP contribution in [0.2, 0.25) is 0 Å². The molecular formula is C26H53NO. The second kappa shape index (κ2) is 21.2. The van der Waals surface area contributed by atoms with Crippen LogP contribution >= 0.6 is 0 Å². The van der Waals surface area contributed by atoms with E-state index in [1.165, 1.54) is 116 Å². The van der Waals surface area contributed by atoms with Crippen LogP contribution in [0.4, 0.5) is 0 Å². The summed E-state index contributed by atoms with van der Waals surface area (Å²) >= 11 is 0. The van der Waals surface area contributed by atoms with E-state index in [1.54, 1.807) is 4.90 Å². The first-order chi connectivity index (χ1) is 13.6. The van der Waals surface area contributed by atoms with Gasteiger partial charge in [0.2, 0.25) is 5.91 Å². The van der Waals surface area contributed by atoms with Crippen molar-refractivity contribution < 1.29 is 4.79 Å². The second-order valence-corrected chi connectivity index (χ2v) is 9.16. The van der Waals surface area contributed by atoms with Gasteiger partial charge in [0.25, 0.3) is 0 Å².